The van der Waals surface area contributed by atoms with Crippen LogP contribution >= 0.6 is 0 Å². The van der Waals surface area contributed by atoms with Gasteiger partial charge in [-0.3, -0.25) is 9.59 Å². The summed E-state index contributed by atoms with van der Waals surface area (Å²) in [5.41, 5.74) is 3.25. The number of nitrogens with one attached hydrogen (secondary N) is 1. The van der Waals surface area contributed by atoms with Gasteiger partial charge in [-0.05, 0) is 54.8 Å². The number of fused-ring (bicyclic) bond motifs is 2. The number of carbonyl (C=O) groups is 1. The van der Waals surface area contributed by atoms with Crippen molar-refractivity contribution in [1.29, 1.82) is 0 Å². The highest BCUT2D eigenvalue weighted by atomic mass is 16.5. The van der Waals surface area contributed by atoms with E-state index in [0.29, 0.717) is 28.6 Å². The first-order valence-electron chi connectivity index (χ1n) is 10.8. The Balaban J connectivity index is 1.92. The molecule has 3 aromatic rings. The van der Waals surface area contributed by atoms with Crippen LogP contribution in [0.5, 0.6) is 11.5 Å². The SMILES string of the molecule is COc1cc(C2c3c(oc4cc(C)c(C)cc4c3=O)C(=O)N2CCC[NH+](C)C)ccc1O. The Morgan fingerprint density at radius 1 is 1.12 bits per heavy atom. The Hall–Kier alpha value is -3.32. The number of aromatic hydroxyl groups is 1. The van der Waals surface area contributed by atoms with Gasteiger partial charge in [0.15, 0.2) is 16.9 Å². The lowest BCUT2D eigenvalue weighted by molar-refractivity contribution is -0.858. The summed E-state index contributed by atoms with van der Waals surface area (Å²) in [5, 5.41) is 10.5. The summed E-state index contributed by atoms with van der Waals surface area (Å²) >= 11 is 0. The van der Waals surface area contributed by atoms with Crippen molar-refractivity contribution < 1.29 is 24.0 Å². The number of hydrogen-bond acceptors (Lipinski definition) is 5. The molecule has 0 saturated carbocycles. The fourth-order valence-corrected chi connectivity index (χ4v) is 4.32. The van der Waals surface area contributed by atoms with Crippen LogP contribution in [0.15, 0.2) is 39.5 Å². The molecule has 168 valence electrons. The van der Waals surface area contributed by atoms with E-state index in [9.17, 15) is 14.7 Å². The van der Waals surface area contributed by atoms with Crippen molar-refractivity contribution in [3.05, 3.63) is 68.6 Å². The van der Waals surface area contributed by atoms with Crippen LogP contribution in [-0.2, 0) is 0 Å². The van der Waals surface area contributed by atoms with Crippen LogP contribution in [-0.4, -0.2) is 50.2 Å². The Bertz CT molecular complexity index is 1260. The molecule has 1 unspecified atom stereocenters. The zero-order valence-electron chi connectivity index (χ0n) is 19.1. The molecule has 1 amide bonds. The van der Waals surface area contributed by atoms with Gasteiger partial charge in [0.25, 0.3) is 5.91 Å². The molecule has 1 aliphatic heterocycles. The lowest BCUT2D eigenvalue weighted by atomic mass is 9.97. The first-order valence-corrected chi connectivity index (χ1v) is 10.8. The van der Waals surface area contributed by atoms with Crippen molar-refractivity contribution in [2.75, 3.05) is 34.3 Å². The lowest BCUT2D eigenvalue weighted by Crippen LogP contribution is -3.05. The second-order valence-corrected chi connectivity index (χ2v) is 8.75. The van der Waals surface area contributed by atoms with Crippen LogP contribution in [0, 0.1) is 13.8 Å². The number of hydrogen-bond donors (Lipinski definition) is 2. The molecule has 7 heteroatoms. The maximum atomic E-state index is 13.6. The topological polar surface area (TPSA) is 84.4 Å². The number of aryl methyl sites for hydroxylation is 2. The van der Waals surface area contributed by atoms with E-state index in [-0.39, 0.29) is 28.6 Å². The number of nitrogens with zero attached hydrogens (tertiary/aromatic N) is 1. The third-order valence-corrected chi connectivity index (χ3v) is 6.18. The first-order chi connectivity index (χ1) is 15.2. The summed E-state index contributed by atoms with van der Waals surface area (Å²) in [6, 6.07) is 7.96. The van der Waals surface area contributed by atoms with Crippen molar-refractivity contribution in [3.8, 4) is 11.5 Å². The van der Waals surface area contributed by atoms with Gasteiger partial charge in [0.05, 0.1) is 44.7 Å². The van der Waals surface area contributed by atoms with Crippen molar-refractivity contribution in [2.45, 2.75) is 26.3 Å². The molecule has 0 saturated heterocycles. The predicted molar refractivity (Wildman–Crippen MR) is 122 cm³/mol. The fraction of sp³-hybridized carbons (Fsp3) is 0.360. The van der Waals surface area contributed by atoms with Gasteiger partial charge >= 0.3 is 0 Å². The molecule has 4 rings (SSSR count). The molecule has 0 fully saturated rings. The third-order valence-electron chi connectivity index (χ3n) is 6.18. The van der Waals surface area contributed by atoms with Gasteiger partial charge in [-0.2, -0.15) is 0 Å². The van der Waals surface area contributed by atoms with E-state index >= 15 is 0 Å². The molecule has 0 bridgehead atoms. The number of carbonyl (C=O) groups excluding carboxylic acids is 1. The van der Waals surface area contributed by atoms with E-state index in [1.807, 2.05) is 26.0 Å². The van der Waals surface area contributed by atoms with Crippen molar-refractivity contribution in [3.63, 3.8) is 0 Å². The normalized spacial score (nSPS) is 15.6. The molecule has 1 aliphatic rings. The third kappa shape index (κ3) is 3.62. The van der Waals surface area contributed by atoms with Crippen LogP contribution in [0.25, 0.3) is 11.0 Å². The molecular weight excluding hydrogens is 408 g/mol. The number of amides is 1. The summed E-state index contributed by atoms with van der Waals surface area (Å²) in [4.78, 5) is 30.0. The summed E-state index contributed by atoms with van der Waals surface area (Å²) in [7, 11) is 5.59. The average Bonchev–Trinajstić information content (AvgIpc) is 3.02. The highest BCUT2D eigenvalue weighted by Crippen LogP contribution is 2.40. The van der Waals surface area contributed by atoms with Crippen molar-refractivity contribution in [2.24, 2.45) is 0 Å². The number of rotatable bonds is 6. The highest BCUT2D eigenvalue weighted by molar-refractivity contribution is 5.99. The van der Waals surface area contributed by atoms with Crippen LogP contribution in [0.3, 0.4) is 0 Å². The summed E-state index contributed by atoms with van der Waals surface area (Å²) in [6.07, 6.45) is 0.777. The quantitative estimate of drug-likeness (QED) is 0.618. The Morgan fingerprint density at radius 2 is 1.84 bits per heavy atom. The number of methoxy groups -OCH3 is 1. The van der Waals surface area contributed by atoms with E-state index in [1.54, 1.807) is 17.0 Å². The molecule has 1 aromatic heterocycles. The standard InChI is InChI=1S/C25H28N2O5/c1-14-11-17-19(12-15(14)2)32-24-21(23(17)29)22(16-7-8-18(28)20(13-16)31-5)27(25(24)30)10-6-9-26(3)4/h7-8,11-13,22,28H,6,9-10H2,1-5H3/p+1. The van der Waals surface area contributed by atoms with Gasteiger partial charge in [-0.25, -0.2) is 0 Å². The number of phenolic OH excluding ortho intramolecular Hbond substituents is 1. The number of ether oxygens (including phenoxy) is 1. The van der Waals surface area contributed by atoms with Gasteiger partial charge in [-0.1, -0.05) is 6.07 Å². The van der Waals surface area contributed by atoms with E-state index < -0.39 is 6.04 Å². The number of quaternary nitrogens is 1. The minimum absolute atomic E-state index is 0.000186. The predicted octanol–water partition coefficient (Wildman–Crippen LogP) is 2.20. The van der Waals surface area contributed by atoms with Gasteiger partial charge in [0.1, 0.15) is 5.58 Å². The number of phenols is 1. The number of benzene rings is 2. The molecule has 2 N–H and O–H groups in total. The maximum absolute atomic E-state index is 13.6. The van der Waals surface area contributed by atoms with E-state index in [2.05, 4.69) is 14.1 Å². The highest BCUT2D eigenvalue weighted by Gasteiger charge is 2.42. The van der Waals surface area contributed by atoms with Gasteiger partial charge < -0.3 is 24.1 Å². The zero-order chi connectivity index (χ0) is 23.2. The molecule has 2 heterocycles. The fourth-order valence-electron chi connectivity index (χ4n) is 4.32. The molecule has 7 nitrogen and oxygen atoms in total. The molecule has 0 radical (unpaired) electrons. The smallest absolute Gasteiger partial charge is 0.290 e. The van der Waals surface area contributed by atoms with Gasteiger partial charge in [0.2, 0.25) is 5.76 Å². The van der Waals surface area contributed by atoms with E-state index in [4.69, 9.17) is 9.15 Å². The zero-order valence-corrected chi connectivity index (χ0v) is 19.1. The Kier molecular flexibility index (Phi) is 5.69. The van der Waals surface area contributed by atoms with Crippen LogP contribution in [0.2, 0.25) is 0 Å². The second-order valence-electron chi connectivity index (χ2n) is 8.75. The maximum Gasteiger partial charge on any atom is 0.290 e. The van der Waals surface area contributed by atoms with Gasteiger partial charge in [0, 0.05) is 13.0 Å². The molecule has 0 spiro atoms. The molecular formula is C25H29N2O5+. The summed E-state index contributed by atoms with van der Waals surface area (Å²) in [6.45, 7) is 5.26. The minimum Gasteiger partial charge on any atom is -0.504 e. The molecule has 2 aromatic carbocycles. The molecule has 1 atom stereocenters. The van der Waals surface area contributed by atoms with Crippen molar-refractivity contribution in [1.82, 2.24) is 4.90 Å². The Labute approximate surface area is 186 Å². The monoisotopic (exact) mass is 437 g/mol. The molecule has 0 aliphatic carbocycles. The van der Waals surface area contributed by atoms with Crippen LogP contribution in [0.1, 0.15) is 45.3 Å². The Morgan fingerprint density at radius 3 is 2.53 bits per heavy atom. The van der Waals surface area contributed by atoms with Crippen molar-refractivity contribution >= 4 is 16.9 Å². The molecule has 32 heavy (non-hydrogen) atoms. The largest absolute Gasteiger partial charge is 0.504 e. The summed E-state index contributed by atoms with van der Waals surface area (Å²) in [5.74, 6) is 0.0981. The van der Waals surface area contributed by atoms with E-state index in [1.165, 1.54) is 18.1 Å². The average molecular weight is 438 g/mol. The first kappa shape index (κ1) is 21.9. The van der Waals surface area contributed by atoms with E-state index in [0.717, 1.165) is 24.1 Å². The van der Waals surface area contributed by atoms with Crippen LogP contribution in [0.4, 0.5) is 0 Å². The lowest BCUT2D eigenvalue weighted by Gasteiger charge is -2.25. The second kappa shape index (κ2) is 8.31. The van der Waals surface area contributed by atoms with Crippen LogP contribution < -0.4 is 15.1 Å². The summed E-state index contributed by atoms with van der Waals surface area (Å²) < 4.78 is 11.3. The van der Waals surface area contributed by atoms with Gasteiger partial charge in [-0.15, -0.1) is 0 Å². The minimum atomic E-state index is -0.605.